The lowest BCUT2D eigenvalue weighted by molar-refractivity contribution is -0.118. The molecule has 0 aliphatic heterocycles. The lowest BCUT2D eigenvalue weighted by Gasteiger charge is -2.35. The highest BCUT2D eigenvalue weighted by Crippen LogP contribution is 2.38. The fraction of sp³-hybridized carbons (Fsp3) is 0.533. The summed E-state index contributed by atoms with van der Waals surface area (Å²) in [6.45, 7) is 0.597. The number of benzene rings is 1. The second-order valence-electron chi connectivity index (χ2n) is 5.61. The van der Waals surface area contributed by atoms with Crippen LogP contribution < -0.4 is 11.1 Å². The van der Waals surface area contributed by atoms with Gasteiger partial charge in [0.15, 0.2) is 0 Å². The highest BCUT2D eigenvalue weighted by atomic mass is 79.9. The molecular weight excluding hydrogens is 384 g/mol. The molecule has 3 nitrogen and oxygen atoms in total. The van der Waals surface area contributed by atoms with Crippen LogP contribution in [0.4, 0.5) is 5.69 Å². The maximum Gasteiger partial charge on any atom is 0.225 e. The number of nitrogens with two attached hydrogens (primary N) is 1. The fourth-order valence-corrected chi connectivity index (χ4v) is 3.59. The van der Waals surface area contributed by atoms with Crippen LogP contribution in [0.3, 0.4) is 0 Å². The zero-order valence-electron chi connectivity index (χ0n) is 11.4. The topological polar surface area (TPSA) is 55.1 Å². The lowest BCUT2D eigenvalue weighted by atomic mass is 9.71. The third-order valence-electron chi connectivity index (χ3n) is 4.09. The first kappa shape index (κ1) is 16.0. The summed E-state index contributed by atoms with van der Waals surface area (Å²) in [4.78, 5) is 12.3. The van der Waals surface area contributed by atoms with E-state index in [4.69, 9.17) is 5.73 Å². The molecule has 5 heteroatoms. The first-order chi connectivity index (χ1) is 9.54. The van der Waals surface area contributed by atoms with E-state index in [0.29, 0.717) is 13.0 Å². The maximum atomic E-state index is 12.3. The molecule has 0 radical (unpaired) electrons. The monoisotopic (exact) mass is 402 g/mol. The van der Waals surface area contributed by atoms with Crippen molar-refractivity contribution in [3.63, 3.8) is 0 Å². The number of anilines is 1. The fourth-order valence-electron chi connectivity index (χ4n) is 2.88. The van der Waals surface area contributed by atoms with Gasteiger partial charge in [-0.25, -0.2) is 0 Å². The van der Waals surface area contributed by atoms with Crippen molar-refractivity contribution in [3.8, 4) is 0 Å². The summed E-state index contributed by atoms with van der Waals surface area (Å²) < 4.78 is 1.83. The maximum absolute atomic E-state index is 12.3. The molecule has 0 bridgehead atoms. The molecule has 1 fully saturated rings. The van der Waals surface area contributed by atoms with Gasteiger partial charge in [-0.05, 0) is 58.9 Å². The van der Waals surface area contributed by atoms with E-state index in [-0.39, 0.29) is 11.3 Å². The molecule has 0 unspecified atom stereocenters. The lowest BCUT2D eigenvalue weighted by Crippen LogP contribution is -2.36. The summed E-state index contributed by atoms with van der Waals surface area (Å²) in [5, 5.41) is 2.99. The van der Waals surface area contributed by atoms with Crippen molar-refractivity contribution in [2.24, 2.45) is 11.1 Å². The predicted octanol–water partition coefficient (Wildman–Crippen LogP) is 4.45. The molecule has 1 amide bonds. The molecule has 2 rings (SSSR count). The van der Waals surface area contributed by atoms with Crippen molar-refractivity contribution in [2.45, 2.75) is 38.5 Å². The number of halogens is 2. The Morgan fingerprint density at radius 2 is 1.95 bits per heavy atom. The molecule has 1 aromatic rings. The van der Waals surface area contributed by atoms with E-state index < -0.39 is 0 Å². The minimum Gasteiger partial charge on any atom is -0.330 e. The second-order valence-corrected chi connectivity index (χ2v) is 7.38. The zero-order chi connectivity index (χ0) is 14.6. The van der Waals surface area contributed by atoms with E-state index in [0.717, 1.165) is 27.5 Å². The average molecular weight is 404 g/mol. The van der Waals surface area contributed by atoms with E-state index in [1.54, 1.807) is 0 Å². The first-order valence-electron chi connectivity index (χ1n) is 7.00. The van der Waals surface area contributed by atoms with Gasteiger partial charge in [-0.2, -0.15) is 0 Å². The normalized spacial score (nSPS) is 17.8. The SMILES string of the molecule is NCC1(CC(=O)Nc2cc(Br)ccc2Br)CCCCC1. The van der Waals surface area contributed by atoms with Crippen LogP contribution in [-0.2, 0) is 4.79 Å². The van der Waals surface area contributed by atoms with Crippen LogP contribution in [0.1, 0.15) is 38.5 Å². The molecule has 1 aliphatic rings. The van der Waals surface area contributed by atoms with Crippen LogP contribution in [0.15, 0.2) is 27.1 Å². The Hall–Kier alpha value is -0.390. The van der Waals surface area contributed by atoms with Crippen LogP contribution in [0, 0.1) is 5.41 Å². The minimum absolute atomic E-state index is 0.000815. The van der Waals surface area contributed by atoms with E-state index in [1.165, 1.54) is 19.3 Å². The highest BCUT2D eigenvalue weighted by Gasteiger charge is 2.33. The van der Waals surface area contributed by atoms with Crippen molar-refractivity contribution in [3.05, 3.63) is 27.1 Å². The smallest absolute Gasteiger partial charge is 0.225 e. The Labute approximate surface area is 136 Å². The Balaban J connectivity index is 2.02. The summed E-state index contributed by atoms with van der Waals surface area (Å²) in [5.41, 5.74) is 6.74. The summed E-state index contributed by atoms with van der Waals surface area (Å²) in [6.07, 6.45) is 6.28. The van der Waals surface area contributed by atoms with Crippen molar-refractivity contribution in [2.75, 3.05) is 11.9 Å². The predicted molar refractivity (Wildman–Crippen MR) is 89.7 cm³/mol. The number of rotatable bonds is 4. The first-order valence-corrected chi connectivity index (χ1v) is 8.58. The zero-order valence-corrected chi connectivity index (χ0v) is 14.6. The van der Waals surface area contributed by atoms with Gasteiger partial charge >= 0.3 is 0 Å². The molecule has 0 aromatic heterocycles. The summed E-state index contributed by atoms with van der Waals surface area (Å²) in [6, 6.07) is 5.75. The summed E-state index contributed by atoms with van der Waals surface area (Å²) in [7, 11) is 0. The number of amides is 1. The number of hydrogen-bond acceptors (Lipinski definition) is 2. The van der Waals surface area contributed by atoms with Crippen molar-refractivity contribution in [1.29, 1.82) is 0 Å². The average Bonchev–Trinajstić information content (AvgIpc) is 2.44. The summed E-state index contributed by atoms with van der Waals surface area (Å²) in [5.74, 6) is 0.0520. The molecule has 0 heterocycles. The van der Waals surface area contributed by atoms with Crippen molar-refractivity contribution in [1.82, 2.24) is 0 Å². The van der Waals surface area contributed by atoms with Crippen LogP contribution in [-0.4, -0.2) is 12.5 Å². The van der Waals surface area contributed by atoms with E-state index in [1.807, 2.05) is 18.2 Å². The second kappa shape index (κ2) is 7.05. The number of nitrogens with one attached hydrogen (secondary N) is 1. The molecule has 0 saturated heterocycles. The minimum atomic E-state index is 0.000815. The molecule has 0 spiro atoms. The van der Waals surface area contributed by atoms with Gasteiger partial charge in [0, 0.05) is 15.4 Å². The van der Waals surface area contributed by atoms with E-state index in [9.17, 15) is 4.79 Å². The van der Waals surface area contributed by atoms with E-state index >= 15 is 0 Å². The van der Waals surface area contributed by atoms with Crippen molar-refractivity contribution >= 4 is 43.5 Å². The van der Waals surface area contributed by atoms with Gasteiger partial charge in [-0.3, -0.25) is 4.79 Å². The van der Waals surface area contributed by atoms with Crippen LogP contribution in [0.5, 0.6) is 0 Å². The van der Waals surface area contributed by atoms with Crippen LogP contribution >= 0.6 is 31.9 Å². The third-order valence-corrected chi connectivity index (χ3v) is 5.27. The van der Waals surface area contributed by atoms with Gasteiger partial charge in [0.25, 0.3) is 0 Å². The number of hydrogen-bond donors (Lipinski definition) is 2. The highest BCUT2D eigenvalue weighted by molar-refractivity contribution is 9.11. The van der Waals surface area contributed by atoms with Gasteiger partial charge < -0.3 is 11.1 Å². The molecule has 110 valence electrons. The Bertz CT molecular complexity index is 485. The van der Waals surface area contributed by atoms with Gasteiger partial charge in [0.2, 0.25) is 5.91 Å². The molecule has 1 aromatic carbocycles. The van der Waals surface area contributed by atoms with Gasteiger partial charge in [-0.1, -0.05) is 35.2 Å². The Morgan fingerprint density at radius 1 is 1.25 bits per heavy atom. The molecule has 3 N–H and O–H groups in total. The molecule has 1 saturated carbocycles. The largest absolute Gasteiger partial charge is 0.330 e. The quantitative estimate of drug-likeness (QED) is 0.780. The Morgan fingerprint density at radius 3 is 2.60 bits per heavy atom. The van der Waals surface area contributed by atoms with Crippen LogP contribution in [0.2, 0.25) is 0 Å². The van der Waals surface area contributed by atoms with Gasteiger partial charge in [-0.15, -0.1) is 0 Å². The number of carbonyl (C=O) groups excluding carboxylic acids is 1. The third kappa shape index (κ3) is 4.06. The molecule has 1 aliphatic carbocycles. The standard InChI is InChI=1S/C15H20Br2N2O/c16-11-4-5-12(17)13(8-11)19-14(20)9-15(10-18)6-2-1-3-7-15/h4-5,8H,1-3,6-7,9-10,18H2,(H,19,20). The van der Waals surface area contributed by atoms with Gasteiger partial charge in [0.05, 0.1) is 5.69 Å². The number of carbonyl (C=O) groups is 1. The molecular formula is C15H20Br2N2O. The van der Waals surface area contributed by atoms with Gasteiger partial charge in [0.1, 0.15) is 0 Å². The van der Waals surface area contributed by atoms with Crippen LogP contribution in [0.25, 0.3) is 0 Å². The molecule has 20 heavy (non-hydrogen) atoms. The van der Waals surface area contributed by atoms with E-state index in [2.05, 4.69) is 37.2 Å². The summed E-state index contributed by atoms with van der Waals surface area (Å²) >= 11 is 6.87. The Kier molecular flexibility index (Phi) is 5.64. The van der Waals surface area contributed by atoms with Crippen molar-refractivity contribution < 1.29 is 4.79 Å². The molecule has 0 atom stereocenters.